The van der Waals surface area contributed by atoms with Crippen LogP contribution < -0.4 is 10.5 Å². The lowest BCUT2D eigenvalue weighted by Gasteiger charge is -2.08. The summed E-state index contributed by atoms with van der Waals surface area (Å²) in [5.41, 5.74) is 6.43. The molecule has 0 spiro atoms. The van der Waals surface area contributed by atoms with E-state index in [4.69, 9.17) is 10.5 Å². The molecule has 2 N–H and O–H groups in total. The third-order valence-corrected chi connectivity index (χ3v) is 2.43. The van der Waals surface area contributed by atoms with E-state index in [2.05, 4.69) is 6.92 Å². The molecule has 0 heterocycles. The zero-order valence-corrected chi connectivity index (χ0v) is 8.15. The topological polar surface area (TPSA) is 35.2 Å². The second-order valence-corrected chi connectivity index (χ2v) is 3.62. The van der Waals surface area contributed by atoms with Gasteiger partial charge in [0.05, 0.1) is 17.7 Å². The molecule has 1 rings (SSSR count). The zero-order valence-electron chi connectivity index (χ0n) is 7.33. The van der Waals surface area contributed by atoms with Crippen molar-refractivity contribution in [3.63, 3.8) is 0 Å². The van der Waals surface area contributed by atoms with E-state index in [0.717, 1.165) is 16.4 Å². The van der Waals surface area contributed by atoms with Crippen LogP contribution in [0.3, 0.4) is 0 Å². The molecule has 0 aliphatic rings. The Labute approximate surface area is 77.1 Å². The minimum atomic E-state index is 0.705. The minimum Gasteiger partial charge on any atom is -0.493 e. The molecule has 0 fully saturated rings. The Morgan fingerprint density at radius 1 is 1.50 bits per heavy atom. The molecule has 1 aromatic rings. The van der Waals surface area contributed by atoms with Crippen molar-refractivity contribution in [3.05, 3.63) is 18.2 Å². The number of hydrogen-bond acceptors (Lipinski definition) is 3. The molecule has 0 aliphatic heterocycles. The van der Waals surface area contributed by atoms with Crippen molar-refractivity contribution in [1.29, 1.82) is 0 Å². The average Bonchev–Trinajstić information content (AvgIpc) is 2.05. The molecule has 0 saturated heterocycles. The van der Waals surface area contributed by atoms with Crippen LogP contribution in [0.25, 0.3) is 0 Å². The second-order valence-electron chi connectivity index (χ2n) is 2.31. The number of ether oxygens (including phenoxy) is 1. The fourth-order valence-electron chi connectivity index (χ4n) is 1.02. The Kier molecular flexibility index (Phi) is 3.29. The summed E-state index contributed by atoms with van der Waals surface area (Å²) in [5, 5.41) is 0. The van der Waals surface area contributed by atoms with Gasteiger partial charge < -0.3 is 10.5 Å². The van der Waals surface area contributed by atoms with Crippen molar-refractivity contribution in [1.82, 2.24) is 0 Å². The summed E-state index contributed by atoms with van der Waals surface area (Å²) in [6.07, 6.45) is 0. The first-order chi connectivity index (χ1) is 5.79. The van der Waals surface area contributed by atoms with Crippen molar-refractivity contribution in [2.24, 2.45) is 0 Å². The maximum Gasteiger partial charge on any atom is 0.155 e. The summed E-state index contributed by atoms with van der Waals surface area (Å²) in [6, 6.07) is 5.80. The van der Waals surface area contributed by atoms with Crippen molar-refractivity contribution in [2.75, 3.05) is 18.6 Å². The molecule has 0 saturated carbocycles. The van der Waals surface area contributed by atoms with E-state index in [-0.39, 0.29) is 0 Å². The van der Waals surface area contributed by atoms with Gasteiger partial charge in [-0.1, -0.05) is 13.0 Å². The summed E-state index contributed by atoms with van der Waals surface area (Å²) < 4.78 is 5.18. The van der Waals surface area contributed by atoms with Crippen LogP contribution in [0.1, 0.15) is 6.92 Å². The molecule has 12 heavy (non-hydrogen) atoms. The van der Waals surface area contributed by atoms with E-state index >= 15 is 0 Å². The lowest BCUT2D eigenvalue weighted by atomic mass is 10.3. The zero-order chi connectivity index (χ0) is 8.97. The van der Waals surface area contributed by atoms with Gasteiger partial charge in [0.15, 0.2) is 5.75 Å². The van der Waals surface area contributed by atoms with Gasteiger partial charge in [-0.25, -0.2) is 0 Å². The largest absolute Gasteiger partial charge is 0.493 e. The van der Waals surface area contributed by atoms with E-state index in [1.165, 1.54) is 0 Å². The summed E-state index contributed by atoms with van der Waals surface area (Å²) in [6.45, 7) is 2.10. The number of benzene rings is 1. The van der Waals surface area contributed by atoms with E-state index in [1.807, 2.05) is 18.2 Å². The molecule has 3 heteroatoms. The van der Waals surface area contributed by atoms with Crippen LogP contribution in [0, 0.1) is 0 Å². The number of hydrogen-bond donors (Lipinski definition) is 1. The molecular formula is C9H13NOS. The number of nitrogens with two attached hydrogens (primary N) is 1. The number of methoxy groups -OCH3 is 1. The van der Waals surface area contributed by atoms with Gasteiger partial charge in [0.2, 0.25) is 0 Å². The highest BCUT2D eigenvalue weighted by atomic mass is 32.2. The first kappa shape index (κ1) is 9.26. The predicted molar refractivity (Wildman–Crippen MR) is 53.8 cm³/mol. The fraction of sp³-hybridized carbons (Fsp3) is 0.333. The van der Waals surface area contributed by atoms with Crippen LogP contribution in [-0.2, 0) is 0 Å². The summed E-state index contributed by atoms with van der Waals surface area (Å²) in [4.78, 5) is 1.11. The van der Waals surface area contributed by atoms with Gasteiger partial charge >= 0.3 is 0 Å². The number of anilines is 1. The Bertz CT molecular complexity index is 263. The summed E-state index contributed by atoms with van der Waals surface area (Å²) in [5.74, 6) is 1.82. The van der Waals surface area contributed by atoms with Crippen molar-refractivity contribution in [2.45, 2.75) is 11.8 Å². The first-order valence-corrected chi connectivity index (χ1v) is 4.83. The molecule has 0 atom stereocenters. The molecule has 0 amide bonds. The highest BCUT2D eigenvalue weighted by Crippen LogP contribution is 2.33. The molecule has 66 valence electrons. The molecule has 1 aromatic carbocycles. The molecule has 0 aliphatic carbocycles. The third-order valence-electron chi connectivity index (χ3n) is 1.51. The number of nitrogen functional groups attached to an aromatic ring is 1. The highest BCUT2D eigenvalue weighted by molar-refractivity contribution is 7.99. The Hall–Kier alpha value is -0.830. The summed E-state index contributed by atoms with van der Waals surface area (Å²) in [7, 11) is 1.64. The van der Waals surface area contributed by atoms with E-state index in [0.29, 0.717) is 5.69 Å². The molecule has 2 nitrogen and oxygen atoms in total. The van der Waals surface area contributed by atoms with Crippen LogP contribution in [0.4, 0.5) is 5.69 Å². The Morgan fingerprint density at radius 3 is 2.83 bits per heavy atom. The van der Waals surface area contributed by atoms with Gasteiger partial charge in [-0.3, -0.25) is 0 Å². The van der Waals surface area contributed by atoms with Gasteiger partial charge in [-0.2, -0.15) is 0 Å². The predicted octanol–water partition coefficient (Wildman–Crippen LogP) is 2.39. The molecular weight excluding hydrogens is 170 g/mol. The van der Waals surface area contributed by atoms with Gasteiger partial charge in [0.25, 0.3) is 0 Å². The lowest BCUT2D eigenvalue weighted by molar-refractivity contribution is 0.407. The van der Waals surface area contributed by atoms with Gasteiger partial charge in [-0.05, 0) is 17.9 Å². The Balaban J connectivity index is 3.00. The first-order valence-electron chi connectivity index (χ1n) is 3.84. The maximum absolute atomic E-state index is 5.72. The van der Waals surface area contributed by atoms with Crippen molar-refractivity contribution >= 4 is 17.4 Å². The Morgan fingerprint density at radius 2 is 2.25 bits per heavy atom. The molecule has 0 aromatic heterocycles. The third kappa shape index (κ3) is 1.85. The van der Waals surface area contributed by atoms with Crippen LogP contribution in [0.2, 0.25) is 0 Å². The maximum atomic E-state index is 5.72. The van der Waals surface area contributed by atoms with E-state index < -0.39 is 0 Å². The molecule has 0 radical (unpaired) electrons. The van der Waals surface area contributed by atoms with Crippen LogP contribution in [-0.4, -0.2) is 12.9 Å². The number of rotatable bonds is 3. The van der Waals surface area contributed by atoms with Gasteiger partial charge in [0, 0.05) is 0 Å². The molecule has 0 bridgehead atoms. The standard InChI is InChI=1S/C9H13NOS/c1-3-12-8-6-4-5-7(10)9(8)11-2/h4-6H,3,10H2,1-2H3. The highest BCUT2D eigenvalue weighted by Gasteiger charge is 2.04. The van der Waals surface area contributed by atoms with Gasteiger partial charge in [0.1, 0.15) is 0 Å². The SMILES string of the molecule is CCSc1cccc(N)c1OC. The van der Waals surface area contributed by atoms with Crippen molar-refractivity contribution in [3.8, 4) is 5.75 Å². The normalized spacial score (nSPS) is 9.83. The smallest absolute Gasteiger partial charge is 0.155 e. The minimum absolute atomic E-state index is 0.705. The number of para-hydroxylation sites is 1. The quantitative estimate of drug-likeness (QED) is 0.577. The summed E-state index contributed by atoms with van der Waals surface area (Å²) >= 11 is 1.74. The molecule has 0 unspecified atom stereocenters. The van der Waals surface area contributed by atoms with Gasteiger partial charge in [-0.15, -0.1) is 11.8 Å². The van der Waals surface area contributed by atoms with Crippen LogP contribution in [0.5, 0.6) is 5.75 Å². The van der Waals surface area contributed by atoms with E-state index in [1.54, 1.807) is 18.9 Å². The van der Waals surface area contributed by atoms with Crippen LogP contribution in [0.15, 0.2) is 23.1 Å². The fourth-order valence-corrected chi connectivity index (χ4v) is 1.84. The average molecular weight is 183 g/mol. The van der Waals surface area contributed by atoms with Crippen LogP contribution >= 0.6 is 11.8 Å². The number of thioether (sulfide) groups is 1. The monoisotopic (exact) mass is 183 g/mol. The lowest BCUT2D eigenvalue weighted by Crippen LogP contribution is -1.93. The van der Waals surface area contributed by atoms with Crippen molar-refractivity contribution < 1.29 is 4.74 Å². The second kappa shape index (κ2) is 4.26. The van der Waals surface area contributed by atoms with E-state index in [9.17, 15) is 0 Å².